The Bertz CT molecular complexity index is 1000. The third-order valence-electron chi connectivity index (χ3n) is 4.63. The van der Waals surface area contributed by atoms with Gasteiger partial charge in [-0.3, -0.25) is 4.79 Å². The van der Waals surface area contributed by atoms with Gasteiger partial charge in [0.1, 0.15) is 0 Å². The van der Waals surface area contributed by atoms with Gasteiger partial charge in [0.15, 0.2) is 0 Å². The summed E-state index contributed by atoms with van der Waals surface area (Å²) in [6, 6.07) is 25.2. The topological polar surface area (TPSA) is 44.1 Å². The Balaban J connectivity index is 1.81. The first-order chi connectivity index (χ1) is 12.3. The number of hydrogen-bond donors (Lipinski definition) is 0. The van der Waals surface area contributed by atoms with Gasteiger partial charge in [0.2, 0.25) is 0 Å². The van der Waals surface area contributed by atoms with Crippen LogP contribution in [-0.4, -0.2) is 12.5 Å². The van der Waals surface area contributed by atoms with E-state index < -0.39 is 0 Å². The molecule has 3 heteroatoms. The highest BCUT2D eigenvalue weighted by Crippen LogP contribution is 2.32. The Labute approximate surface area is 146 Å². The number of hydrogen-bond acceptors (Lipinski definition) is 2. The lowest BCUT2D eigenvalue weighted by atomic mass is 9.95. The number of para-hydroxylation sites is 1. The third-order valence-corrected chi connectivity index (χ3v) is 4.63. The minimum absolute atomic E-state index is 0.0201. The van der Waals surface area contributed by atoms with Crippen LogP contribution in [0.5, 0.6) is 0 Å². The van der Waals surface area contributed by atoms with Crippen molar-refractivity contribution in [2.75, 3.05) is 11.4 Å². The van der Waals surface area contributed by atoms with Gasteiger partial charge in [0, 0.05) is 23.4 Å². The van der Waals surface area contributed by atoms with Crippen LogP contribution < -0.4 is 4.90 Å². The van der Waals surface area contributed by atoms with Crippen molar-refractivity contribution >= 4 is 11.6 Å². The van der Waals surface area contributed by atoms with Crippen LogP contribution in [0.25, 0.3) is 11.1 Å². The molecule has 0 saturated heterocycles. The van der Waals surface area contributed by atoms with Crippen molar-refractivity contribution in [2.45, 2.75) is 6.42 Å². The summed E-state index contributed by atoms with van der Waals surface area (Å²) < 4.78 is 0. The van der Waals surface area contributed by atoms with E-state index in [9.17, 15) is 10.1 Å². The second-order valence-electron chi connectivity index (χ2n) is 6.04. The SMILES string of the molecule is N#Cc1ccccc1-c1ccccc1C(=O)N1CCc2ccccc21. The highest BCUT2D eigenvalue weighted by Gasteiger charge is 2.27. The molecular formula is C22H16N2O. The quantitative estimate of drug-likeness (QED) is 0.700. The van der Waals surface area contributed by atoms with Gasteiger partial charge in [0.25, 0.3) is 5.91 Å². The molecule has 3 aromatic carbocycles. The first-order valence-corrected chi connectivity index (χ1v) is 8.28. The van der Waals surface area contributed by atoms with Crippen LogP contribution in [0.4, 0.5) is 5.69 Å². The lowest BCUT2D eigenvalue weighted by Crippen LogP contribution is -2.29. The number of carbonyl (C=O) groups is 1. The van der Waals surface area contributed by atoms with Crippen LogP contribution in [0.2, 0.25) is 0 Å². The molecule has 0 atom stereocenters. The summed E-state index contributed by atoms with van der Waals surface area (Å²) >= 11 is 0. The van der Waals surface area contributed by atoms with Gasteiger partial charge in [-0.15, -0.1) is 0 Å². The van der Waals surface area contributed by atoms with Gasteiger partial charge < -0.3 is 4.90 Å². The van der Waals surface area contributed by atoms with Crippen molar-refractivity contribution in [3.05, 3.63) is 89.5 Å². The van der Waals surface area contributed by atoms with Crippen LogP contribution in [0.15, 0.2) is 72.8 Å². The monoisotopic (exact) mass is 324 g/mol. The molecule has 0 aromatic heterocycles. The van der Waals surface area contributed by atoms with Crippen molar-refractivity contribution in [3.63, 3.8) is 0 Å². The maximum Gasteiger partial charge on any atom is 0.258 e. The molecule has 0 bridgehead atoms. The van der Waals surface area contributed by atoms with Crippen LogP contribution in [0, 0.1) is 11.3 Å². The summed E-state index contributed by atoms with van der Waals surface area (Å²) in [5.41, 5.74) is 4.98. The fourth-order valence-corrected chi connectivity index (χ4v) is 3.41. The molecule has 120 valence electrons. The molecule has 0 N–H and O–H groups in total. The number of nitriles is 1. The van der Waals surface area contributed by atoms with Crippen LogP contribution in [0.1, 0.15) is 21.5 Å². The second kappa shape index (κ2) is 6.26. The summed E-state index contributed by atoms with van der Waals surface area (Å²) in [6.07, 6.45) is 0.874. The van der Waals surface area contributed by atoms with E-state index in [1.165, 1.54) is 5.56 Å². The molecule has 1 aliphatic heterocycles. The molecule has 0 unspecified atom stereocenters. The molecule has 0 spiro atoms. The maximum atomic E-state index is 13.2. The molecular weight excluding hydrogens is 308 g/mol. The van der Waals surface area contributed by atoms with Gasteiger partial charge >= 0.3 is 0 Å². The van der Waals surface area contributed by atoms with E-state index in [1.54, 1.807) is 6.07 Å². The Hall–Kier alpha value is -3.38. The van der Waals surface area contributed by atoms with Crippen molar-refractivity contribution in [3.8, 4) is 17.2 Å². The summed E-state index contributed by atoms with van der Waals surface area (Å²) in [4.78, 5) is 15.1. The number of rotatable bonds is 2. The van der Waals surface area contributed by atoms with E-state index in [4.69, 9.17) is 0 Å². The highest BCUT2D eigenvalue weighted by molar-refractivity contribution is 6.11. The van der Waals surface area contributed by atoms with Gasteiger partial charge in [0.05, 0.1) is 11.6 Å². The molecule has 1 aliphatic rings. The second-order valence-corrected chi connectivity index (χ2v) is 6.04. The van der Waals surface area contributed by atoms with Gasteiger partial charge in [-0.1, -0.05) is 54.6 Å². The Kier molecular flexibility index (Phi) is 3.80. The van der Waals surface area contributed by atoms with Crippen LogP contribution in [-0.2, 0) is 6.42 Å². The molecule has 25 heavy (non-hydrogen) atoms. The summed E-state index contributed by atoms with van der Waals surface area (Å²) in [5.74, 6) is -0.0201. The lowest BCUT2D eigenvalue weighted by Gasteiger charge is -2.19. The molecule has 0 radical (unpaired) electrons. The molecule has 1 heterocycles. The summed E-state index contributed by atoms with van der Waals surface area (Å²) in [5, 5.41) is 9.41. The summed E-state index contributed by atoms with van der Waals surface area (Å²) in [7, 11) is 0. The van der Waals surface area contributed by atoms with E-state index >= 15 is 0 Å². The average molecular weight is 324 g/mol. The predicted octanol–water partition coefficient (Wildman–Crippen LogP) is 4.43. The fraction of sp³-hybridized carbons (Fsp3) is 0.0909. The molecule has 0 fully saturated rings. The molecule has 1 amide bonds. The minimum Gasteiger partial charge on any atom is -0.308 e. The Morgan fingerprint density at radius 1 is 0.880 bits per heavy atom. The number of nitrogens with zero attached hydrogens (tertiary/aromatic N) is 2. The van der Waals surface area contributed by atoms with Crippen molar-refractivity contribution in [1.29, 1.82) is 5.26 Å². The van der Waals surface area contributed by atoms with Gasteiger partial charge in [-0.05, 0) is 35.7 Å². The first kappa shape index (κ1) is 15.2. The van der Waals surface area contributed by atoms with E-state index in [0.717, 1.165) is 23.2 Å². The zero-order chi connectivity index (χ0) is 17.2. The third kappa shape index (κ3) is 2.58. The lowest BCUT2D eigenvalue weighted by molar-refractivity contribution is 0.0990. The Morgan fingerprint density at radius 3 is 2.40 bits per heavy atom. The molecule has 0 saturated carbocycles. The average Bonchev–Trinajstić information content (AvgIpc) is 3.11. The predicted molar refractivity (Wildman–Crippen MR) is 98.4 cm³/mol. The van der Waals surface area contributed by atoms with Crippen molar-refractivity contribution in [2.24, 2.45) is 0 Å². The smallest absolute Gasteiger partial charge is 0.258 e. The van der Waals surface area contributed by atoms with Crippen molar-refractivity contribution < 1.29 is 4.79 Å². The fourth-order valence-electron chi connectivity index (χ4n) is 3.41. The number of carbonyl (C=O) groups excluding carboxylic acids is 1. The normalized spacial score (nSPS) is 12.5. The molecule has 3 aromatic rings. The standard InChI is InChI=1S/C22H16N2O/c23-15-17-8-1-3-9-18(17)19-10-4-5-11-20(19)22(25)24-14-13-16-7-2-6-12-21(16)24/h1-12H,13-14H2. The maximum absolute atomic E-state index is 13.2. The van der Waals surface area contributed by atoms with Gasteiger partial charge in [-0.25, -0.2) is 0 Å². The number of benzene rings is 3. The Morgan fingerprint density at radius 2 is 1.56 bits per heavy atom. The van der Waals surface area contributed by atoms with E-state index in [1.807, 2.05) is 65.6 Å². The van der Waals surface area contributed by atoms with Crippen molar-refractivity contribution in [1.82, 2.24) is 0 Å². The molecule has 0 aliphatic carbocycles. The zero-order valence-corrected chi connectivity index (χ0v) is 13.6. The van der Waals surface area contributed by atoms with Gasteiger partial charge in [-0.2, -0.15) is 5.26 Å². The van der Waals surface area contributed by atoms with E-state index in [0.29, 0.717) is 17.7 Å². The summed E-state index contributed by atoms with van der Waals surface area (Å²) in [6.45, 7) is 0.687. The largest absolute Gasteiger partial charge is 0.308 e. The zero-order valence-electron chi connectivity index (χ0n) is 13.6. The number of anilines is 1. The highest BCUT2D eigenvalue weighted by atomic mass is 16.2. The van der Waals surface area contributed by atoms with E-state index in [-0.39, 0.29) is 5.91 Å². The molecule has 4 rings (SSSR count). The molecule has 3 nitrogen and oxygen atoms in total. The van der Waals surface area contributed by atoms with Crippen LogP contribution >= 0.6 is 0 Å². The number of fused-ring (bicyclic) bond motifs is 1. The minimum atomic E-state index is -0.0201. The van der Waals surface area contributed by atoms with E-state index in [2.05, 4.69) is 12.1 Å². The first-order valence-electron chi connectivity index (χ1n) is 8.28. The number of amides is 1. The van der Waals surface area contributed by atoms with Crippen LogP contribution in [0.3, 0.4) is 0 Å².